The summed E-state index contributed by atoms with van der Waals surface area (Å²) in [4.78, 5) is 30.1. The van der Waals surface area contributed by atoms with E-state index in [0.29, 0.717) is 6.54 Å². The Morgan fingerprint density at radius 2 is 1.47 bits per heavy atom. The van der Waals surface area contributed by atoms with Crippen molar-refractivity contribution in [3.63, 3.8) is 0 Å². The number of hydrogen-bond donors (Lipinski definition) is 1. The molecule has 8 heteroatoms. The zero-order valence-corrected chi connectivity index (χ0v) is 21.7. The molecule has 1 unspecified atom stereocenters. The van der Waals surface area contributed by atoms with Gasteiger partial charge in [-0.05, 0) is 36.2 Å². The van der Waals surface area contributed by atoms with Crippen molar-refractivity contribution in [2.45, 2.75) is 26.1 Å². The van der Waals surface area contributed by atoms with E-state index in [0.717, 1.165) is 33.7 Å². The number of benzene rings is 4. The zero-order valence-electron chi connectivity index (χ0n) is 20.8. The summed E-state index contributed by atoms with van der Waals surface area (Å²) in [5.41, 5.74) is 4.98. The summed E-state index contributed by atoms with van der Waals surface area (Å²) in [6.07, 6.45) is 0. The lowest BCUT2D eigenvalue weighted by atomic mass is 10.00. The highest BCUT2D eigenvalue weighted by Gasteiger charge is 2.29. The maximum Gasteiger partial charge on any atom is 0.527 e. The summed E-state index contributed by atoms with van der Waals surface area (Å²) >= 11 is 0. The number of anilines is 1. The maximum atomic E-state index is 13.4. The van der Waals surface area contributed by atoms with Crippen molar-refractivity contribution in [2.75, 3.05) is 4.90 Å². The smallest absolute Gasteiger partial charge is 0.404 e. The monoisotopic (exact) mass is 526 g/mol. The highest BCUT2D eigenvalue weighted by molar-refractivity contribution is 7.47. The van der Waals surface area contributed by atoms with Gasteiger partial charge in [-0.2, -0.15) is 0 Å². The van der Waals surface area contributed by atoms with Crippen molar-refractivity contribution in [3.05, 3.63) is 131 Å². The van der Waals surface area contributed by atoms with E-state index in [-0.39, 0.29) is 18.3 Å². The molecule has 0 aliphatic carbocycles. The van der Waals surface area contributed by atoms with Crippen LogP contribution in [-0.4, -0.2) is 22.6 Å². The van der Waals surface area contributed by atoms with Crippen molar-refractivity contribution < 1.29 is 23.3 Å². The molecule has 7 nitrogen and oxygen atoms in total. The SMILES string of the molecule is C[C@@H]1N=C(c2ccccc2)c2ccccc2N(Cc2ccc(OP(=O)(O)OCc3ccccc3)cc2)C1=O. The van der Waals surface area contributed by atoms with Crippen LogP contribution in [0.3, 0.4) is 0 Å². The Morgan fingerprint density at radius 3 is 2.18 bits per heavy atom. The number of hydrogen-bond acceptors (Lipinski definition) is 5. The first-order valence-corrected chi connectivity index (χ1v) is 13.7. The molecule has 1 aliphatic heterocycles. The van der Waals surface area contributed by atoms with Crippen LogP contribution >= 0.6 is 7.82 Å². The number of nitrogens with zero attached hydrogens (tertiary/aromatic N) is 2. The zero-order chi connectivity index (χ0) is 26.5. The van der Waals surface area contributed by atoms with E-state index in [1.165, 1.54) is 0 Å². The molecule has 4 aromatic rings. The van der Waals surface area contributed by atoms with E-state index in [9.17, 15) is 14.3 Å². The van der Waals surface area contributed by atoms with Crippen LogP contribution in [0, 0.1) is 0 Å². The normalized spacial score (nSPS) is 16.7. The van der Waals surface area contributed by atoms with Crippen LogP contribution in [0.25, 0.3) is 0 Å². The molecule has 0 saturated heterocycles. The molecule has 5 rings (SSSR count). The van der Waals surface area contributed by atoms with Gasteiger partial charge >= 0.3 is 7.82 Å². The molecule has 0 bridgehead atoms. The second-order valence-corrected chi connectivity index (χ2v) is 10.3. The molecule has 192 valence electrons. The number of amides is 1. The van der Waals surface area contributed by atoms with Gasteiger partial charge in [-0.3, -0.25) is 19.2 Å². The number of aliphatic imine (C=N–C) groups is 1. The first-order chi connectivity index (χ1) is 18.4. The Kier molecular flexibility index (Phi) is 7.52. The predicted molar refractivity (Wildman–Crippen MR) is 147 cm³/mol. The minimum absolute atomic E-state index is 0.0472. The van der Waals surface area contributed by atoms with Crippen molar-refractivity contribution in [3.8, 4) is 5.75 Å². The molecule has 1 amide bonds. The van der Waals surface area contributed by atoms with Gasteiger partial charge in [0.1, 0.15) is 11.8 Å². The Labute approximate surface area is 221 Å². The van der Waals surface area contributed by atoms with E-state index in [1.54, 1.807) is 48.2 Å². The second kappa shape index (κ2) is 11.2. The van der Waals surface area contributed by atoms with Crippen LogP contribution in [0.4, 0.5) is 5.69 Å². The largest absolute Gasteiger partial charge is 0.527 e. The first-order valence-electron chi connectivity index (χ1n) is 12.2. The van der Waals surface area contributed by atoms with Crippen LogP contribution in [-0.2, 0) is 27.0 Å². The standard InChI is InChI=1S/C30H27N2O5P/c1-22-30(33)32(28-15-9-8-14-27(28)29(31-22)25-12-6-3-7-13-25)20-23-16-18-26(19-17-23)37-38(34,35)36-21-24-10-4-2-5-11-24/h2-19,22H,20-21H2,1H3,(H,34,35)/t22-/m0/s1. The molecule has 1 heterocycles. The van der Waals surface area contributed by atoms with E-state index in [2.05, 4.69) is 0 Å². The van der Waals surface area contributed by atoms with E-state index >= 15 is 0 Å². The molecule has 38 heavy (non-hydrogen) atoms. The third-order valence-corrected chi connectivity index (χ3v) is 7.06. The topological polar surface area (TPSA) is 88.4 Å². The third kappa shape index (κ3) is 5.92. The average Bonchev–Trinajstić information content (AvgIpc) is 3.04. The van der Waals surface area contributed by atoms with Crippen LogP contribution < -0.4 is 9.42 Å². The number of para-hydroxylation sites is 1. The number of fused-ring (bicyclic) bond motifs is 1. The molecule has 4 aromatic carbocycles. The maximum absolute atomic E-state index is 13.4. The molecule has 1 aliphatic rings. The van der Waals surface area contributed by atoms with Crippen LogP contribution in [0.5, 0.6) is 5.75 Å². The van der Waals surface area contributed by atoms with E-state index < -0.39 is 13.9 Å². The number of rotatable bonds is 8. The lowest BCUT2D eigenvalue weighted by Crippen LogP contribution is -2.36. The molecular formula is C30H27N2O5P. The first kappa shape index (κ1) is 25.6. The Morgan fingerprint density at radius 1 is 0.842 bits per heavy atom. The fourth-order valence-electron chi connectivity index (χ4n) is 4.29. The summed E-state index contributed by atoms with van der Waals surface area (Å²) in [5.74, 6) is 0.0798. The number of phosphoric acid groups is 1. The van der Waals surface area contributed by atoms with Crippen LogP contribution in [0.15, 0.2) is 114 Å². The predicted octanol–water partition coefficient (Wildman–Crippen LogP) is 6.16. The van der Waals surface area contributed by atoms with Gasteiger partial charge in [0.25, 0.3) is 5.91 Å². The molecule has 0 radical (unpaired) electrons. The second-order valence-electron chi connectivity index (χ2n) is 8.92. The minimum Gasteiger partial charge on any atom is -0.404 e. The molecule has 0 aromatic heterocycles. The Hall–Kier alpha value is -4.03. The van der Waals surface area contributed by atoms with Crippen molar-refractivity contribution in [1.29, 1.82) is 0 Å². The average molecular weight is 527 g/mol. The van der Waals surface area contributed by atoms with Gasteiger partial charge in [0, 0.05) is 11.1 Å². The Bertz CT molecular complexity index is 1490. The quantitative estimate of drug-likeness (QED) is 0.278. The van der Waals surface area contributed by atoms with Crippen molar-refractivity contribution in [1.82, 2.24) is 0 Å². The third-order valence-electron chi connectivity index (χ3n) is 6.17. The van der Waals surface area contributed by atoms with Gasteiger partial charge in [-0.1, -0.05) is 91.0 Å². The summed E-state index contributed by atoms with van der Waals surface area (Å²) in [6.45, 7) is 2.06. The molecule has 0 saturated carbocycles. The molecule has 0 spiro atoms. The highest BCUT2D eigenvalue weighted by Crippen LogP contribution is 2.44. The number of benzodiazepines with no additional fused rings is 1. The van der Waals surface area contributed by atoms with Crippen molar-refractivity contribution >= 4 is 25.1 Å². The van der Waals surface area contributed by atoms with Gasteiger partial charge in [-0.15, -0.1) is 0 Å². The van der Waals surface area contributed by atoms with Gasteiger partial charge in [-0.25, -0.2) is 4.57 Å². The molecule has 2 atom stereocenters. The minimum atomic E-state index is -4.31. The summed E-state index contributed by atoms with van der Waals surface area (Å²) < 4.78 is 22.8. The van der Waals surface area contributed by atoms with Gasteiger partial charge < -0.3 is 9.42 Å². The lowest BCUT2D eigenvalue weighted by molar-refractivity contribution is -0.119. The molecule has 1 N–H and O–H groups in total. The fourth-order valence-corrected chi connectivity index (χ4v) is 5.04. The summed E-state index contributed by atoms with van der Waals surface area (Å²) in [5, 5.41) is 0. The van der Waals surface area contributed by atoms with Gasteiger partial charge in [0.2, 0.25) is 0 Å². The highest BCUT2D eigenvalue weighted by atomic mass is 31.2. The Balaban J connectivity index is 1.33. The molecular weight excluding hydrogens is 499 g/mol. The number of phosphoric ester groups is 1. The van der Waals surface area contributed by atoms with Crippen LogP contribution in [0.1, 0.15) is 29.2 Å². The van der Waals surface area contributed by atoms with E-state index in [1.807, 2.05) is 72.8 Å². The summed E-state index contributed by atoms with van der Waals surface area (Å²) in [7, 11) is -4.31. The van der Waals surface area contributed by atoms with E-state index in [4.69, 9.17) is 14.0 Å². The van der Waals surface area contributed by atoms with Gasteiger partial charge in [0.15, 0.2) is 0 Å². The van der Waals surface area contributed by atoms with Crippen LogP contribution in [0.2, 0.25) is 0 Å². The number of carbonyl (C=O) groups excluding carboxylic acids is 1. The lowest BCUT2D eigenvalue weighted by Gasteiger charge is -2.24. The van der Waals surface area contributed by atoms with Gasteiger partial charge in [0.05, 0.1) is 24.6 Å². The fraction of sp³-hybridized carbons (Fsp3) is 0.133. The van der Waals surface area contributed by atoms with Crippen molar-refractivity contribution in [2.24, 2.45) is 4.99 Å². The summed E-state index contributed by atoms with van der Waals surface area (Å²) in [6, 6.07) is 32.8. The number of carbonyl (C=O) groups is 1. The molecule has 0 fully saturated rings.